The van der Waals surface area contributed by atoms with Gasteiger partial charge in [-0.2, -0.15) is 0 Å². The molecule has 2 N–H and O–H groups in total. The van der Waals surface area contributed by atoms with E-state index in [1.807, 2.05) is 0 Å². The summed E-state index contributed by atoms with van der Waals surface area (Å²) in [5, 5.41) is 11.8. The highest BCUT2D eigenvalue weighted by Gasteiger charge is 2.08. The van der Waals surface area contributed by atoms with E-state index in [1.54, 1.807) is 12.3 Å². The average Bonchev–Trinajstić information content (AvgIpc) is 2.42. The van der Waals surface area contributed by atoms with Gasteiger partial charge in [-0.1, -0.05) is 0 Å². The molecule has 19 heavy (non-hydrogen) atoms. The molecule has 0 spiro atoms. The summed E-state index contributed by atoms with van der Waals surface area (Å²) in [5.74, 6) is -1.50. The van der Waals surface area contributed by atoms with Gasteiger partial charge in [0.2, 0.25) is 0 Å². The molecule has 1 aromatic heterocycles. The Labute approximate surface area is 109 Å². The zero-order valence-electron chi connectivity index (χ0n) is 10.0. The van der Waals surface area contributed by atoms with Gasteiger partial charge < -0.3 is 10.4 Å². The Morgan fingerprint density at radius 1 is 1.32 bits per heavy atom. The van der Waals surface area contributed by atoms with Crippen molar-refractivity contribution < 1.29 is 14.3 Å². The van der Waals surface area contributed by atoms with Crippen LogP contribution in [0.25, 0.3) is 0 Å². The van der Waals surface area contributed by atoms with Crippen LogP contribution in [0.2, 0.25) is 0 Å². The highest BCUT2D eigenvalue weighted by molar-refractivity contribution is 5.87. The van der Waals surface area contributed by atoms with Crippen molar-refractivity contribution in [3.05, 3.63) is 59.4 Å². The molecule has 0 fully saturated rings. The van der Waals surface area contributed by atoms with E-state index >= 15 is 0 Å². The largest absolute Gasteiger partial charge is 0.478 e. The van der Waals surface area contributed by atoms with Gasteiger partial charge in [0, 0.05) is 24.8 Å². The number of rotatable bonds is 5. The van der Waals surface area contributed by atoms with Crippen molar-refractivity contribution >= 4 is 5.97 Å². The lowest BCUT2D eigenvalue weighted by molar-refractivity contribution is 0.0696. The second kappa shape index (κ2) is 6.01. The summed E-state index contributed by atoms with van der Waals surface area (Å²) in [4.78, 5) is 18.6. The van der Waals surface area contributed by atoms with Gasteiger partial charge in [0.05, 0.1) is 11.3 Å². The van der Waals surface area contributed by atoms with Gasteiger partial charge in [0.25, 0.3) is 0 Å². The van der Waals surface area contributed by atoms with Crippen molar-refractivity contribution in [1.29, 1.82) is 0 Å². The number of carboxylic acids is 1. The van der Waals surface area contributed by atoms with Crippen LogP contribution in [0.15, 0.2) is 36.8 Å². The fourth-order valence-electron chi connectivity index (χ4n) is 1.59. The second-order valence-corrected chi connectivity index (χ2v) is 3.92. The number of nitrogens with zero attached hydrogens (tertiary/aromatic N) is 2. The molecule has 0 bridgehead atoms. The minimum Gasteiger partial charge on any atom is -0.478 e. The van der Waals surface area contributed by atoms with Crippen LogP contribution >= 0.6 is 0 Å². The van der Waals surface area contributed by atoms with Gasteiger partial charge in [-0.05, 0) is 24.3 Å². The Morgan fingerprint density at radius 3 is 2.84 bits per heavy atom. The molecule has 0 aliphatic rings. The second-order valence-electron chi connectivity index (χ2n) is 3.92. The van der Waals surface area contributed by atoms with Crippen molar-refractivity contribution in [1.82, 2.24) is 15.3 Å². The quantitative estimate of drug-likeness (QED) is 0.855. The molecule has 0 aliphatic carbocycles. The Bertz CT molecular complexity index is 575. The first kappa shape index (κ1) is 13.1. The van der Waals surface area contributed by atoms with Crippen molar-refractivity contribution in [2.75, 3.05) is 0 Å². The number of carboxylic acid groups (broad SMARTS) is 1. The van der Waals surface area contributed by atoms with E-state index in [0.29, 0.717) is 12.1 Å². The Hall–Kier alpha value is -2.34. The first-order valence-corrected chi connectivity index (χ1v) is 5.64. The van der Waals surface area contributed by atoms with E-state index in [1.165, 1.54) is 18.5 Å². The predicted molar refractivity (Wildman–Crippen MR) is 65.9 cm³/mol. The van der Waals surface area contributed by atoms with Crippen LogP contribution < -0.4 is 5.32 Å². The molecule has 0 aliphatic heterocycles. The monoisotopic (exact) mass is 261 g/mol. The van der Waals surface area contributed by atoms with Gasteiger partial charge in [-0.25, -0.2) is 19.2 Å². The van der Waals surface area contributed by atoms with Crippen LogP contribution in [0.1, 0.15) is 21.6 Å². The molecule has 0 saturated carbocycles. The number of carbonyl (C=O) groups is 1. The number of halogens is 1. The number of hydrogen-bond donors (Lipinski definition) is 2. The minimum atomic E-state index is -1.07. The summed E-state index contributed by atoms with van der Waals surface area (Å²) in [6.45, 7) is 0.691. The lowest BCUT2D eigenvalue weighted by Crippen LogP contribution is -2.15. The van der Waals surface area contributed by atoms with Gasteiger partial charge >= 0.3 is 5.97 Å². The molecule has 6 heteroatoms. The van der Waals surface area contributed by atoms with Gasteiger partial charge in [0.1, 0.15) is 12.1 Å². The molecule has 0 saturated heterocycles. The minimum absolute atomic E-state index is 0.0697. The molecule has 2 rings (SSSR count). The predicted octanol–water partition coefficient (Wildman–Crippen LogP) is 1.60. The highest BCUT2D eigenvalue weighted by atomic mass is 19.1. The summed E-state index contributed by atoms with van der Waals surface area (Å²) >= 11 is 0. The fraction of sp³-hybridized carbons (Fsp3) is 0.154. The molecule has 1 heterocycles. The van der Waals surface area contributed by atoms with Gasteiger partial charge in [-0.15, -0.1) is 0 Å². The molecular weight excluding hydrogens is 249 g/mol. The van der Waals surface area contributed by atoms with E-state index in [9.17, 15) is 9.18 Å². The number of hydrogen-bond acceptors (Lipinski definition) is 4. The van der Waals surface area contributed by atoms with Crippen LogP contribution in [0.4, 0.5) is 4.39 Å². The van der Waals surface area contributed by atoms with E-state index in [2.05, 4.69) is 15.3 Å². The van der Waals surface area contributed by atoms with Crippen LogP contribution in [-0.4, -0.2) is 21.0 Å². The first-order chi connectivity index (χ1) is 9.16. The third-order valence-electron chi connectivity index (χ3n) is 2.56. The number of benzene rings is 1. The lowest BCUT2D eigenvalue weighted by atomic mass is 10.1. The summed E-state index contributed by atoms with van der Waals surface area (Å²) in [5.41, 5.74) is 1.17. The third-order valence-corrected chi connectivity index (χ3v) is 2.56. The molecule has 0 unspecified atom stereocenters. The van der Waals surface area contributed by atoms with Crippen LogP contribution in [0.3, 0.4) is 0 Å². The molecule has 98 valence electrons. The smallest absolute Gasteiger partial charge is 0.335 e. The highest BCUT2D eigenvalue weighted by Crippen LogP contribution is 2.10. The van der Waals surface area contributed by atoms with Crippen LogP contribution in [-0.2, 0) is 13.1 Å². The molecular formula is C13H12FN3O2. The zero-order chi connectivity index (χ0) is 13.7. The standard InChI is InChI=1S/C13H12FN3O2/c14-12-2-1-9(13(18)19)5-10(12)6-16-7-11-3-4-15-8-17-11/h1-5,8,16H,6-7H2,(H,18,19). The van der Waals surface area contributed by atoms with Crippen molar-refractivity contribution in [3.63, 3.8) is 0 Å². The Balaban J connectivity index is 1.99. The summed E-state index contributed by atoms with van der Waals surface area (Å²) in [6.07, 6.45) is 3.05. The SMILES string of the molecule is O=C(O)c1ccc(F)c(CNCc2ccncn2)c1. The molecule has 2 aromatic rings. The van der Waals surface area contributed by atoms with Crippen molar-refractivity contribution in [2.24, 2.45) is 0 Å². The first-order valence-electron chi connectivity index (χ1n) is 5.64. The summed E-state index contributed by atoms with van der Waals surface area (Å²) < 4.78 is 13.5. The molecule has 1 aromatic carbocycles. The summed E-state index contributed by atoms with van der Waals surface area (Å²) in [6, 6.07) is 5.47. The zero-order valence-corrected chi connectivity index (χ0v) is 10.0. The number of aromatic nitrogens is 2. The maximum atomic E-state index is 13.5. The maximum absolute atomic E-state index is 13.5. The maximum Gasteiger partial charge on any atom is 0.335 e. The fourth-order valence-corrected chi connectivity index (χ4v) is 1.59. The van der Waals surface area contributed by atoms with E-state index in [-0.39, 0.29) is 12.1 Å². The lowest BCUT2D eigenvalue weighted by Gasteiger charge is -2.06. The van der Waals surface area contributed by atoms with E-state index < -0.39 is 11.8 Å². The van der Waals surface area contributed by atoms with Crippen LogP contribution in [0, 0.1) is 5.82 Å². The number of nitrogens with one attached hydrogen (secondary N) is 1. The molecule has 0 radical (unpaired) electrons. The number of aromatic carboxylic acids is 1. The molecule has 0 atom stereocenters. The van der Waals surface area contributed by atoms with E-state index in [4.69, 9.17) is 5.11 Å². The topological polar surface area (TPSA) is 75.1 Å². The normalized spacial score (nSPS) is 10.4. The molecule has 5 nitrogen and oxygen atoms in total. The molecule has 0 amide bonds. The van der Waals surface area contributed by atoms with Crippen molar-refractivity contribution in [3.8, 4) is 0 Å². The van der Waals surface area contributed by atoms with Gasteiger partial charge in [0.15, 0.2) is 0 Å². The van der Waals surface area contributed by atoms with Gasteiger partial charge in [-0.3, -0.25) is 0 Å². The third kappa shape index (κ3) is 3.56. The Kier molecular flexibility index (Phi) is 4.15. The van der Waals surface area contributed by atoms with Crippen molar-refractivity contribution in [2.45, 2.75) is 13.1 Å². The van der Waals surface area contributed by atoms with Crippen LogP contribution in [0.5, 0.6) is 0 Å². The average molecular weight is 261 g/mol. The summed E-state index contributed by atoms with van der Waals surface area (Å²) in [7, 11) is 0. The van der Waals surface area contributed by atoms with E-state index in [0.717, 1.165) is 11.8 Å². The Morgan fingerprint density at radius 2 is 2.16 bits per heavy atom.